The molecular weight excluding hydrogens is 212 g/mol. The van der Waals surface area contributed by atoms with E-state index in [2.05, 4.69) is 29.1 Å². The van der Waals surface area contributed by atoms with E-state index in [1.807, 2.05) is 0 Å². The summed E-state index contributed by atoms with van der Waals surface area (Å²) in [6, 6.07) is 0.573. The van der Waals surface area contributed by atoms with Gasteiger partial charge in [-0.15, -0.1) is 0 Å². The Morgan fingerprint density at radius 3 is 2.76 bits per heavy atom. The van der Waals surface area contributed by atoms with Gasteiger partial charge in [-0.1, -0.05) is 13.8 Å². The van der Waals surface area contributed by atoms with E-state index < -0.39 is 0 Å². The predicted octanol–water partition coefficient (Wildman–Crippen LogP) is 2.25. The Balaban J connectivity index is 2.00. The highest BCUT2D eigenvalue weighted by Gasteiger charge is 2.32. The Labute approximate surface area is 102 Å². The van der Waals surface area contributed by atoms with Gasteiger partial charge in [0.1, 0.15) is 5.82 Å². The van der Waals surface area contributed by atoms with E-state index >= 15 is 0 Å². The molecule has 0 spiro atoms. The molecule has 0 aliphatic heterocycles. The van der Waals surface area contributed by atoms with E-state index in [9.17, 15) is 0 Å². The highest BCUT2D eigenvalue weighted by molar-refractivity contribution is 5.52. The third kappa shape index (κ3) is 1.96. The van der Waals surface area contributed by atoms with Crippen LogP contribution < -0.4 is 11.1 Å². The van der Waals surface area contributed by atoms with Crippen molar-refractivity contribution in [2.75, 3.05) is 11.1 Å². The molecule has 4 heteroatoms. The van der Waals surface area contributed by atoms with Gasteiger partial charge in [-0.2, -0.15) is 4.98 Å². The van der Waals surface area contributed by atoms with Crippen molar-refractivity contribution in [1.82, 2.24) is 9.97 Å². The van der Waals surface area contributed by atoms with Crippen LogP contribution in [0.5, 0.6) is 0 Å². The second kappa shape index (κ2) is 3.59. The van der Waals surface area contributed by atoms with Gasteiger partial charge in [0, 0.05) is 11.6 Å². The summed E-state index contributed by atoms with van der Waals surface area (Å²) in [7, 11) is 0. The molecule has 0 unspecified atom stereocenters. The van der Waals surface area contributed by atoms with Crippen molar-refractivity contribution >= 4 is 11.8 Å². The Hall–Kier alpha value is -1.32. The topological polar surface area (TPSA) is 63.8 Å². The number of nitrogens with zero attached hydrogens (tertiary/aromatic N) is 2. The van der Waals surface area contributed by atoms with Crippen LogP contribution in [-0.4, -0.2) is 16.0 Å². The minimum Gasteiger partial charge on any atom is -0.383 e. The number of rotatable bonds is 2. The molecule has 0 saturated heterocycles. The van der Waals surface area contributed by atoms with Gasteiger partial charge in [0.2, 0.25) is 5.95 Å². The highest BCUT2D eigenvalue weighted by Crippen LogP contribution is 2.39. The molecule has 0 amide bonds. The normalized spacial score (nSPS) is 22.0. The molecule has 92 valence electrons. The monoisotopic (exact) mass is 232 g/mol. The minimum absolute atomic E-state index is 0.121. The molecular formula is C13H20N4. The van der Waals surface area contributed by atoms with Crippen molar-refractivity contribution in [3.8, 4) is 0 Å². The van der Waals surface area contributed by atoms with Crippen molar-refractivity contribution in [2.24, 2.45) is 0 Å². The number of nitrogens with one attached hydrogen (secondary N) is 1. The zero-order chi connectivity index (χ0) is 12.0. The summed E-state index contributed by atoms with van der Waals surface area (Å²) in [5.74, 6) is 1.39. The third-order valence-corrected chi connectivity index (χ3v) is 3.81. The second-order valence-corrected chi connectivity index (χ2v) is 5.91. The van der Waals surface area contributed by atoms with Crippen LogP contribution in [0.2, 0.25) is 0 Å². The lowest BCUT2D eigenvalue weighted by Gasteiger charge is -2.32. The second-order valence-electron chi connectivity index (χ2n) is 5.91. The Kier molecular flexibility index (Phi) is 2.28. The average Bonchev–Trinajstić information content (AvgIpc) is 2.99. The zero-order valence-electron chi connectivity index (χ0n) is 10.6. The van der Waals surface area contributed by atoms with Crippen LogP contribution in [0.25, 0.3) is 0 Å². The molecule has 2 aliphatic rings. The first-order valence-electron chi connectivity index (χ1n) is 6.50. The molecule has 17 heavy (non-hydrogen) atoms. The SMILES string of the molecule is CC1(C)CCCc2nc(NC3CC3)nc(N)c21. The fourth-order valence-corrected chi connectivity index (χ4v) is 2.74. The summed E-state index contributed by atoms with van der Waals surface area (Å²) in [5, 5.41) is 3.33. The summed E-state index contributed by atoms with van der Waals surface area (Å²) < 4.78 is 0. The average molecular weight is 232 g/mol. The number of hydrogen-bond acceptors (Lipinski definition) is 4. The molecule has 3 N–H and O–H groups in total. The summed E-state index contributed by atoms with van der Waals surface area (Å²) >= 11 is 0. The number of nitrogens with two attached hydrogens (primary N) is 1. The van der Waals surface area contributed by atoms with E-state index in [0.717, 1.165) is 18.1 Å². The van der Waals surface area contributed by atoms with Crippen LogP contribution in [0.15, 0.2) is 0 Å². The van der Waals surface area contributed by atoms with Crippen LogP contribution >= 0.6 is 0 Å². The Morgan fingerprint density at radius 1 is 1.29 bits per heavy atom. The lowest BCUT2D eigenvalue weighted by atomic mass is 9.74. The first-order valence-corrected chi connectivity index (χ1v) is 6.50. The van der Waals surface area contributed by atoms with E-state index in [1.165, 1.54) is 31.2 Å². The van der Waals surface area contributed by atoms with Crippen LogP contribution in [0.4, 0.5) is 11.8 Å². The summed E-state index contributed by atoms with van der Waals surface area (Å²) in [6.45, 7) is 4.47. The van der Waals surface area contributed by atoms with Crippen LogP contribution in [0.1, 0.15) is 50.8 Å². The summed E-state index contributed by atoms with van der Waals surface area (Å²) in [6.07, 6.45) is 5.85. The number of nitrogen functional groups attached to an aromatic ring is 1. The molecule has 4 nitrogen and oxygen atoms in total. The number of aromatic nitrogens is 2. The number of hydrogen-bond donors (Lipinski definition) is 2. The molecule has 0 bridgehead atoms. The lowest BCUT2D eigenvalue weighted by molar-refractivity contribution is 0.426. The smallest absolute Gasteiger partial charge is 0.225 e. The molecule has 1 fully saturated rings. The minimum atomic E-state index is 0.121. The first-order chi connectivity index (χ1) is 8.06. The number of aryl methyl sites for hydroxylation is 1. The van der Waals surface area contributed by atoms with Crippen molar-refractivity contribution in [2.45, 2.75) is 57.4 Å². The maximum atomic E-state index is 6.12. The van der Waals surface area contributed by atoms with Crippen molar-refractivity contribution in [3.05, 3.63) is 11.3 Å². The first kappa shape index (κ1) is 10.8. The molecule has 1 saturated carbocycles. The quantitative estimate of drug-likeness (QED) is 0.821. The van der Waals surface area contributed by atoms with Crippen molar-refractivity contribution in [1.29, 1.82) is 0 Å². The fraction of sp³-hybridized carbons (Fsp3) is 0.692. The molecule has 1 heterocycles. The summed E-state index contributed by atoms with van der Waals surface area (Å²) in [4.78, 5) is 9.07. The fourth-order valence-electron chi connectivity index (χ4n) is 2.74. The van der Waals surface area contributed by atoms with Crippen molar-refractivity contribution < 1.29 is 0 Å². The number of anilines is 2. The van der Waals surface area contributed by atoms with Crippen LogP contribution in [0.3, 0.4) is 0 Å². The van der Waals surface area contributed by atoms with Crippen molar-refractivity contribution in [3.63, 3.8) is 0 Å². The molecule has 1 aromatic rings. The van der Waals surface area contributed by atoms with Gasteiger partial charge in [0.25, 0.3) is 0 Å². The molecule has 3 rings (SSSR count). The van der Waals surface area contributed by atoms with E-state index in [4.69, 9.17) is 5.73 Å². The molecule has 0 aromatic carbocycles. The zero-order valence-corrected chi connectivity index (χ0v) is 10.6. The maximum absolute atomic E-state index is 6.12. The Morgan fingerprint density at radius 2 is 2.06 bits per heavy atom. The Bertz CT molecular complexity index is 449. The molecule has 0 atom stereocenters. The van der Waals surface area contributed by atoms with Gasteiger partial charge < -0.3 is 11.1 Å². The summed E-state index contributed by atoms with van der Waals surface area (Å²) in [5.41, 5.74) is 8.56. The van der Waals surface area contributed by atoms with Gasteiger partial charge in [0.15, 0.2) is 0 Å². The molecule has 1 aromatic heterocycles. The van der Waals surface area contributed by atoms with E-state index in [1.54, 1.807) is 0 Å². The van der Waals surface area contributed by atoms with Gasteiger partial charge in [-0.25, -0.2) is 4.98 Å². The van der Waals surface area contributed by atoms with Gasteiger partial charge in [-0.05, 0) is 37.5 Å². The predicted molar refractivity (Wildman–Crippen MR) is 69.1 cm³/mol. The highest BCUT2D eigenvalue weighted by atomic mass is 15.2. The van der Waals surface area contributed by atoms with Crippen LogP contribution in [0, 0.1) is 0 Å². The van der Waals surface area contributed by atoms with E-state index in [0.29, 0.717) is 11.9 Å². The van der Waals surface area contributed by atoms with Gasteiger partial charge in [0.05, 0.1) is 5.69 Å². The third-order valence-electron chi connectivity index (χ3n) is 3.81. The van der Waals surface area contributed by atoms with E-state index in [-0.39, 0.29) is 5.41 Å². The molecule has 2 aliphatic carbocycles. The standard InChI is InChI=1S/C13H20N4/c1-13(2)7-3-4-9-10(13)11(14)17-12(16-9)15-8-5-6-8/h8H,3-7H2,1-2H3,(H3,14,15,16,17). The van der Waals surface area contributed by atoms with Gasteiger partial charge >= 0.3 is 0 Å². The molecule has 0 radical (unpaired) electrons. The van der Waals surface area contributed by atoms with Crippen LogP contribution in [-0.2, 0) is 11.8 Å². The maximum Gasteiger partial charge on any atom is 0.225 e. The lowest BCUT2D eigenvalue weighted by Crippen LogP contribution is -2.27. The van der Waals surface area contributed by atoms with Gasteiger partial charge in [-0.3, -0.25) is 0 Å². The largest absolute Gasteiger partial charge is 0.383 e. The number of fused-ring (bicyclic) bond motifs is 1.